The number of halogens is 4. The van der Waals surface area contributed by atoms with Gasteiger partial charge in [-0.15, -0.1) is 0 Å². The van der Waals surface area contributed by atoms with Crippen LogP contribution in [-0.4, -0.2) is 6.61 Å². The summed E-state index contributed by atoms with van der Waals surface area (Å²) in [6.45, 7) is 3.33. The largest absolute Gasteiger partial charge is 0.492 e. The molecule has 0 radical (unpaired) electrons. The van der Waals surface area contributed by atoms with Crippen molar-refractivity contribution in [3.63, 3.8) is 0 Å². The first-order valence-corrected chi connectivity index (χ1v) is 9.48. The maximum absolute atomic E-state index is 5.59. The van der Waals surface area contributed by atoms with Crippen LogP contribution in [0, 0.1) is 0 Å². The van der Waals surface area contributed by atoms with Gasteiger partial charge in [-0.1, -0.05) is 15.9 Å². The van der Waals surface area contributed by atoms with E-state index in [9.17, 15) is 0 Å². The lowest BCUT2D eigenvalue weighted by atomic mass is 10.2. The molecule has 0 saturated heterocycles. The van der Waals surface area contributed by atoms with E-state index in [1.54, 1.807) is 0 Å². The standard InChI is InChI=1S/C15H13Br4NO/c1-2-21-15-12(18)5-9(6-13(15)19)8-20-14-7-10(16)3-4-11(14)17/h3-7,20H,2,8H2,1H3. The van der Waals surface area contributed by atoms with Crippen molar-refractivity contribution in [1.29, 1.82) is 0 Å². The number of nitrogens with one attached hydrogen (secondary N) is 1. The van der Waals surface area contributed by atoms with Gasteiger partial charge in [0.05, 0.1) is 15.6 Å². The summed E-state index contributed by atoms with van der Waals surface area (Å²) < 4.78 is 9.57. The molecule has 0 aliphatic rings. The maximum atomic E-state index is 5.59. The van der Waals surface area contributed by atoms with Crippen LogP contribution in [0.5, 0.6) is 5.75 Å². The molecular weight excluding hydrogens is 530 g/mol. The summed E-state index contributed by atoms with van der Waals surface area (Å²) in [6.07, 6.45) is 0. The fraction of sp³-hybridized carbons (Fsp3) is 0.200. The van der Waals surface area contributed by atoms with Crippen LogP contribution >= 0.6 is 63.7 Å². The summed E-state index contributed by atoms with van der Waals surface area (Å²) in [6, 6.07) is 10.2. The summed E-state index contributed by atoms with van der Waals surface area (Å²) in [5.74, 6) is 0.838. The highest BCUT2D eigenvalue weighted by Gasteiger charge is 2.09. The van der Waals surface area contributed by atoms with Crippen molar-refractivity contribution in [3.05, 3.63) is 53.8 Å². The molecular formula is C15H13Br4NO. The summed E-state index contributed by atoms with van der Waals surface area (Å²) in [5, 5.41) is 3.42. The maximum Gasteiger partial charge on any atom is 0.147 e. The van der Waals surface area contributed by atoms with E-state index in [1.165, 1.54) is 0 Å². The van der Waals surface area contributed by atoms with Gasteiger partial charge in [0.15, 0.2) is 0 Å². The Morgan fingerprint density at radius 2 is 1.62 bits per heavy atom. The summed E-state index contributed by atoms with van der Waals surface area (Å²) >= 11 is 14.1. The predicted molar refractivity (Wildman–Crippen MR) is 102 cm³/mol. The van der Waals surface area contributed by atoms with Crippen LogP contribution in [0.3, 0.4) is 0 Å². The van der Waals surface area contributed by atoms with E-state index in [2.05, 4.69) is 81.2 Å². The topological polar surface area (TPSA) is 21.3 Å². The van der Waals surface area contributed by atoms with Gasteiger partial charge in [0.25, 0.3) is 0 Å². The van der Waals surface area contributed by atoms with Crippen LogP contribution in [0.25, 0.3) is 0 Å². The molecule has 0 aliphatic carbocycles. The Balaban J connectivity index is 2.15. The van der Waals surface area contributed by atoms with Crippen LogP contribution in [0.2, 0.25) is 0 Å². The van der Waals surface area contributed by atoms with Gasteiger partial charge < -0.3 is 10.1 Å². The van der Waals surface area contributed by atoms with Gasteiger partial charge in [-0.3, -0.25) is 0 Å². The van der Waals surface area contributed by atoms with E-state index in [1.807, 2.05) is 25.1 Å². The average Bonchev–Trinajstić information content (AvgIpc) is 2.44. The molecule has 0 bridgehead atoms. The number of anilines is 1. The Labute approximate surface area is 158 Å². The molecule has 2 nitrogen and oxygen atoms in total. The average molecular weight is 543 g/mol. The smallest absolute Gasteiger partial charge is 0.147 e. The summed E-state index contributed by atoms with van der Waals surface area (Å²) in [4.78, 5) is 0. The van der Waals surface area contributed by atoms with E-state index < -0.39 is 0 Å². The van der Waals surface area contributed by atoms with Crippen LogP contribution in [0.15, 0.2) is 48.2 Å². The van der Waals surface area contributed by atoms with Gasteiger partial charge in [0.1, 0.15) is 5.75 Å². The summed E-state index contributed by atoms with van der Waals surface area (Å²) in [7, 11) is 0. The van der Waals surface area contributed by atoms with Crippen LogP contribution < -0.4 is 10.1 Å². The predicted octanol–water partition coefficient (Wildman–Crippen LogP) is 6.75. The number of hydrogen-bond acceptors (Lipinski definition) is 2. The lowest BCUT2D eigenvalue weighted by Gasteiger charge is -2.13. The summed E-state index contributed by atoms with van der Waals surface area (Å²) in [5.41, 5.74) is 2.20. The van der Waals surface area contributed by atoms with Gasteiger partial charge in [-0.25, -0.2) is 0 Å². The van der Waals surface area contributed by atoms with Crippen molar-refractivity contribution in [3.8, 4) is 5.75 Å². The molecule has 112 valence electrons. The molecule has 0 unspecified atom stereocenters. The SMILES string of the molecule is CCOc1c(Br)cc(CNc2cc(Br)ccc2Br)cc1Br. The van der Waals surface area contributed by atoms with Crippen molar-refractivity contribution in [1.82, 2.24) is 0 Å². The molecule has 2 aromatic carbocycles. The fourth-order valence-corrected chi connectivity index (χ4v) is 4.09. The van der Waals surface area contributed by atoms with Crippen LogP contribution in [0.4, 0.5) is 5.69 Å². The lowest BCUT2D eigenvalue weighted by Crippen LogP contribution is -2.01. The number of ether oxygens (including phenoxy) is 1. The van der Waals surface area contributed by atoms with Crippen LogP contribution in [-0.2, 0) is 6.54 Å². The van der Waals surface area contributed by atoms with E-state index in [-0.39, 0.29) is 0 Å². The Morgan fingerprint density at radius 3 is 2.24 bits per heavy atom. The first-order valence-electron chi connectivity index (χ1n) is 6.31. The van der Waals surface area contributed by atoms with E-state index >= 15 is 0 Å². The highest BCUT2D eigenvalue weighted by molar-refractivity contribution is 9.11. The van der Waals surface area contributed by atoms with E-state index in [0.717, 1.165) is 41.4 Å². The van der Waals surface area contributed by atoms with Gasteiger partial charge >= 0.3 is 0 Å². The molecule has 2 aromatic rings. The first kappa shape index (κ1) is 17.3. The van der Waals surface area contributed by atoms with Gasteiger partial charge in [-0.05, 0) is 90.6 Å². The molecule has 21 heavy (non-hydrogen) atoms. The third kappa shape index (κ3) is 4.71. The quantitative estimate of drug-likeness (QED) is 0.451. The molecule has 0 saturated carbocycles. The number of benzene rings is 2. The van der Waals surface area contributed by atoms with Gasteiger partial charge in [0, 0.05) is 21.2 Å². The zero-order valence-corrected chi connectivity index (χ0v) is 17.6. The Bertz CT molecular complexity index is 623. The zero-order valence-electron chi connectivity index (χ0n) is 11.2. The minimum atomic E-state index is 0.639. The van der Waals surface area contributed by atoms with Crippen molar-refractivity contribution >= 4 is 69.4 Å². The van der Waals surface area contributed by atoms with Crippen molar-refractivity contribution in [2.24, 2.45) is 0 Å². The third-order valence-corrected chi connectivity index (χ3v) is 5.12. The van der Waals surface area contributed by atoms with Crippen molar-refractivity contribution in [2.45, 2.75) is 13.5 Å². The normalized spacial score (nSPS) is 10.5. The lowest BCUT2D eigenvalue weighted by molar-refractivity contribution is 0.336. The van der Waals surface area contributed by atoms with E-state index in [4.69, 9.17) is 4.74 Å². The molecule has 0 spiro atoms. The molecule has 0 heterocycles. The molecule has 2 rings (SSSR count). The minimum absolute atomic E-state index is 0.639. The second kappa shape index (κ2) is 7.99. The number of hydrogen-bond donors (Lipinski definition) is 1. The van der Waals surface area contributed by atoms with Gasteiger partial charge in [0.2, 0.25) is 0 Å². The second-order valence-corrected chi connectivity index (χ2v) is 7.78. The molecule has 0 aliphatic heterocycles. The second-order valence-electron chi connectivity index (χ2n) is 4.30. The Hall–Kier alpha value is -0.0400. The monoisotopic (exact) mass is 539 g/mol. The first-order chi connectivity index (χ1) is 10.0. The Morgan fingerprint density at radius 1 is 0.952 bits per heavy atom. The minimum Gasteiger partial charge on any atom is -0.492 e. The fourth-order valence-electron chi connectivity index (χ4n) is 1.83. The molecule has 0 fully saturated rings. The molecule has 0 atom stereocenters. The highest BCUT2D eigenvalue weighted by atomic mass is 79.9. The van der Waals surface area contributed by atoms with Crippen molar-refractivity contribution in [2.75, 3.05) is 11.9 Å². The zero-order chi connectivity index (χ0) is 15.4. The molecule has 1 N–H and O–H groups in total. The number of rotatable bonds is 5. The van der Waals surface area contributed by atoms with Crippen molar-refractivity contribution < 1.29 is 4.74 Å². The molecule has 0 aromatic heterocycles. The van der Waals surface area contributed by atoms with E-state index in [0.29, 0.717) is 6.61 Å². The molecule has 0 amide bonds. The third-order valence-electron chi connectivity index (χ3n) is 2.76. The highest BCUT2D eigenvalue weighted by Crippen LogP contribution is 2.35. The van der Waals surface area contributed by atoms with Gasteiger partial charge in [-0.2, -0.15) is 0 Å². The Kier molecular flexibility index (Phi) is 6.59. The molecule has 6 heteroatoms. The van der Waals surface area contributed by atoms with Crippen LogP contribution in [0.1, 0.15) is 12.5 Å².